The lowest BCUT2D eigenvalue weighted by atomic mass is 10.2. The maximum Gasteiger partial charge on any atom is 0.269 e. The van der Waals surface area contributed by atoms with Crippen LogP contribution in [0.5, 0.6) is 0 Å². The van der Waals surface area contributed by atoms with Gasteiger partial charge in [0.2, 0.25) is 0 Å². The molecule has 0 radical (unpaired) electrons. The Bertz CT molecular complexity index is 659. The van der Waals surface area contributed by atoms with E-state index in [1.807, 2.05) is 0 Å². The molecule has 0 bridgehead atoms. The SMILES string of the molecule is NCCNc1cnn(Cc2cc(F)ccc2Br)c(=O)c1. The molecule has 0 unspecified atom stereocenters. The lowest BCUT2D eigenvalue weighted by Crippen LogP contribution is -2.24. The first-order valence-electron chi connectivity index (χ1n) is 6.05. The van der Waals surface area contributed by atoms with Gasteiger partial charge in [-0.1, -0.05) is 15.9 Å². The Kier molecular flexibility index (Phi) is 4.86. The molecule has 0 saturated carbocycles. The summed E-state index contributed by atoms with van der Waals surface area (Å²) in [6.07, 6.45) is 1.55. The summed E-state index contributed by atoms with van der Waals surface area (Å²) < 4.78 is 15.2. The van der Waals surface area contributed by atoms with Crippen LogP contribution in [0, 0.1) is 5.82 Å². The fourth-order valence-electron chi connectivity index (χ4n) is 1.69. The van der Waals surface area contributed by atoms with Gasteiger partial charge in [-0.3, -0.25) is 4.79 Å². The average Bonchev–Trinajstić information content (AvgIpc) is 2.43. The summed E-state index contributed by atoms with van der Waals surface area (Å²) >= 11 is 3.33. The van der Waals surface area contributed by atoms with Crippen molar-refractivity contribution < 1.29 is 4.39 Å². The third-order valence-electron chi connectivity index (χ3n) is 2.67. The number of nitrogens with zero attached hydrogens (tertiary/aromatic N) is 2. The summed E-state index contributed by atoms with van der Waals surface area (Å²) in [5.41, 5.74) is 6.38. The predicted molar refractivity (Wildman–Crippen MR) is 79.2 cm³/mol. The quantitative estimate of drug-likeness (QED) is 0.866. The second kappa shape index (κ2) is 6.62. The molecule has 2 aromatic rings. The third kappa shape index (κ3) is 3.64. The Morgan fingerprint density at radius 1 is 1.40 bits per heavy atom. The highest BCUT2D eigenvalue weighted by atomic mass is 79.9. The zero-order valence-electron chi connectivity index (χ0n) is 10.6. The molecule has 5 nitrogen and oxygen atoms in total. The van der Waals surface area contributed by atoms with Crippen LogP contribution in [-0.4, -0.2) is 22.9 Å². The lowest BCUT2D eigenvalue weighted by molar-refractivity contribution is 0.609. The maximum atomic E-state index is 13.2. The number of rotatable bonds is 5. The number of halogens is 2. The van der Waals surface area contributed by atoms with E-state index in [0.29, 0.717) is 24.3 Å². The number of hydrogen-bond donors (Lipinski definition) is 2. The second-order valence-electron chi connectivity index (χ2n) is 4.19. The van der Waals surface area contributed by atoms with Gasteiger partial charge in [0.15, 0.2) is 0 Å². The minimum atomic E-state index is -0.350. The fraction of sp³-hybridized carbons (Fsp3) is 0.231. The van der Waals surface area contributed by atoms with Crippen molar-refractivity contribution in [2.24, 2.45) is 5.73 Å². The number of aromatic nitrogens is 2. The van der Waals surface area contributed by atoms with Crippen molar-refractivity contribution in [2.45, 2.75) is 6.54 Å². The van der Waals surface area contributed by atoms with Gasteiger partial charge < -0.3 is 11.1 Å². The molecule has 0 spiro atoms. The first kappa shape index (κ1) is 14.7. The van der Waals surface area contributed by atoms with E-state index in [-0.39, 0.29) is 17.9 Å². The van der Waals surface area contributed by atoms with Crippen molar-refractivity contribution >= 4 is 21.6 Å². The number of anilines is 1. The summed E-state index contributed by atoms with van der Waals surface area (Å²) in [5, 5.41) is 7.03. The fourth-order valence-corrected chi connectivity index (χ4v) is 2.06. The Balaban J connectivity index is 2.21. The molecule has 3 N–H and O–H groups in total. The molecule has 0 amide bonds. The highest BCUT2D eigenvalue weighted by Crippen LogP contribution is 2.18. The van der Waals surface area contributed by atoms with E-state index in [0.717, 1.165) is 4.47 Å². The smallest absolute Gasteiger partial charge is 0.269 e. The van der Waals surface area contributed by atoms with Crippen molar-refractivity contribution in [3.63, 3.8) is 0 Å². The van der Waals surface area contributed by atoms with Crippen molar-refractivity contribution in [2.75, 3.05) is 18.4 Å². The largest absolute Gasteiger partial charge is 0.382 e. The minimum absolute atomic E-state index is 0.203. The normalized spacial score (nSPS) is 10.6. The van der Waals surface area contributed by atoms with Gasteiger partial charge in [-0.15, -0.1) is 0 Å². The molecule has 7 heteroatoms. The zero-order chi connectivity index (χ0) is 14.5. The van der Waals surface area contributed by atoms with Gasteiger partial charge in [-0.25, -0.2) is 9.07 Å². The van der Waals surface area contributed by atoms with Crippen molar-refractivity contribution in [1.29, 1.82) is 0 Å². The molecule has 0 saturated heterocycles. The zero-order valence-corrected chi connectivity index (χ0v) is 12.2. The number of benzene rings is 1. The Morgan fingerprint density at radius 2 is 2.20 bits per heavy atom. The van der Waals surface area contributed by atoms with Crippen LogP contribution in [0.1, 0.15) is 5.56 Å². The molecule has 0 aliphatic carbocycles. The summed E-state index contributed by atoms with van der Waals surface area (Å²) in [6.45, 7) is 1.24. The highest BCUT2D eigenvalue weighted by Gasteiger charge is 2.06. The molecule has 0 aliphatic heterocycles. The van der Waals surface area contributed by atoms with Crippen LogP contribution in [-0.2, 0) is 6.54 Å². The van der Waals surface area contributed by atoms with Crippen molar-refractivity contribution in [1.82, 2.24) is 9.78 Å². The third-order valence-corrected chi connectivity index (χ3v) is 3.44. The van der Waals surface area contributed by atoms with Crippen molar-refractivity contribution in [3.8, 4) is 0 Å². The Morgan fingerprint density at radius 3 is 2.90 bits per heavy atom. The molecule has 1 aromatic heterocycles. The molecule has 1 aromatic carbocycles. The molecular formula is C13H14BrFN4O. The molecular weight excluding hydrogens is 327 g/mol. The topological polar surface area (TPSA) is 72.9 Å². The molecule has 0 fully saturated rings. The van der Waals surface area contributed by atoms with E-state index in [4.69, 9.17) is 5.73 Å². The standard InChI is InChI=1S/C13H14BrFN4O/c14-12-2-1-10(15)5-9(12)8-19-13(20)6-11(7-18-19)17-4-3-16/h1-2,5-7,17H,3-4,8,16H2. The maximum absolute atomic E-state index is 13.2. The van der Waals surface area contributed by atoms with Gasteiger partial charge in [-0.2, -0.15) is 5.10 Å². The molecule has 2 rings (SSSR count). The number of nitrogens with two attached hydrogens (primary N) is 1. The van der Waals surface area contributed by atoms with Gasteiger partial charge in [0.1, 0.15) is 5.82 Å². The number of hydrogen-bond acceptors (Lipinski definition) is 4. The first-order valence-corrected chi connectivity index (χ1v) is 6.84. The molecule has 20 heavy (non-hydrogen) atoms. The van der Waals surface area contributed by atoms with Gasteiger partial charge in [0.05, 0.1) is 18.4 Å². The van der Waals surface area contributed by atoms with Crippen LogP contribution in [0.15, 0.2) is 39.7 Å². The summed E-state index contributed by atoms with van der Waals surface area (Å²) in [4.78, 5) is 11.9. The lowest BCUT2D eigenvalue weighted by Gasteiger charge is -2.08. The molecule has 106 valence electrons. The van der Waals surface area contributed by atoms with Gasteiger partial charge >= 0.3 is 0 Å². The van der Waals surface area contributed by atoms with E-state index < -0.39 is 0 Å². The Labute approximate surface area is 123 Å². The second-order valence-corrected chi connectivity index (χ2v) is 5.05. The van der Waals surface area contributed by atoms with Crippen molar-refractivity contribution in [3.05, 3.63) is 56.7 Å². The monoisotopic (exact) mass is 340 g/mol. The van der Waals surface area contributed by atoms with Crippen LogP contribution in [0.3, 0.4) is 0 Å². The van der Waals surface area contributed by atoms with Crippen LogP contribution < -0.4 is 16.6 Å². The number of nitrogens with one attached hydrogen (secondary N) is 1. The molecule has 1 heterocycles. The van der Waals surface area contributed by atoms with E-state index in [1.165, 1.54) is 22.9 Å². The summed E-state index contributed by atoms with van der Waals surface area (Å²) in [5.74, 6) is -0.350. The van der Waals surface area contributed by atoms with Gasteiger partial charge in [0.25, 0.3) is 5.56 Å². The van der Waals surface area contributed by atoms with E-state index in [1.54, 1.807) is 12.3 Å². The Hall–Kier alpha value is -1.73. The minimum Gasteiger partial charge on any atom is -0.382 e. The van der Waals surface area contributed by atoms with E-state index in [9.17, 15) is 9.18 Å². The van der Waals surface area contributed by atoms with Crippen LogP contribution >= 0.6 is 15.9 Å². The van der Waals surface area contributed by atoms with Gasteiger partial charge in [0, 0.05) is 23.6 Å². The van der Waals surface area contributed by atoms with Crippen LogP contribution in [0.4, 0.5) is 10.1 Å². The van der Waals surface area contributed by atoms with Gasteiger partial charge in [-0.05, 0) is 23.8 Å². The first-order chi connectivity index (χ1) is 9.60. The van der Waals surface area contributed by atoms with E-state index >= 15 is 0 Å². The highest BCUT2D eigenvalue weighted by molar-refractivity contribution is 9.10. The predicted octanol–water partition coefficient (Wildman–Crippen LogP) is 1.56. The summed E-state index contributed by atoms with van der Waals surface area (Å²) in [7, 11) is 0. The summed E-state index contributed by atoms with van der Waals surface area (Å²) in [6, 6.07) is 5.77. The van der Waals surface area contributed by atoms with Crippen LogP contribution in [0.25, 0.3) is 0 Å². The van der Waals surface area contributed by atoms with Crippen LogP contribution in [0.2, 0.25) is 0 Å². The molecule has 0 aliphatic rings. The molecule has 0 atom stereocenters. The van der Waals surface area contributed by atoms with E-state index in [2.05, 4.69) is 26.3 Å². The average molecular weight is 341 g/mol.